The Hall–Kier alpha value is -0.640. The molecule has 0 spiro atoms. The van der Waals surface area contributed by atoms with E-state index in [2.05, 4.69) is 46.5 Å². The van der Waals surface area contributed by atoms with Crippen LogP contribution in [0.5, 0.6) is 0 Å². The van der Waals surface area contributed by atoms with Gasteiger partial charge in [0.2, 0.25) is 0 Å². The number of halogens is 1. The quantitative estimate of drug-likeness (QED) is 0.680. The molecule has 0 fully saturated rings. The molecule has 0 aliphatic rings. The van der Waals surface area contributed by atoms with Gasteiger partial charge in [-0.3, -0.25) is 4.72 Å². The second-order valence-corrected chi connectivity index (χ2v) is 9.20. The van der Waals surface area contributed by atoms with Gasteiger partial charge in [-0.2, -0.15) is 0 Å². The lowest BCUT2D eigenvalue weighted by Gasteiger charge is -2.07. The van der Waals surface area contributed by atoms with Gasteiger partial charge in [0.1, 0.15) is 4.21 Å². The second-order valence-electron chi connectivity index (χ2n) is 4.87. The Balaban J connectivity index is 2.12. The summed E-state index contributed by atoms with van der Waals surface area (Å²) >= 11 is 3.44. The molecule has 0 amide bonds. The molecule has 0 aliphatic heterocycles. The van der Waals surface area contributed by atoms with E-state index in [4.69, 9.17) is 0 Å². The zero-order chi connectivity index (χ0) is 15.5. The molecule has 0 saturated carbocycles. The van der Waals surface area contributed by atoms with Crippen LogP contribution in [-0.2, 0) is 16.6 Å². The van der Waals surface area contributed by atoms with Gasteiger partial charge in [0.25, 0.3) is 10.0 Å². The van der Waals surface area contributed by atoms with E-state index in [0.29, 0.717) is 22.5 Å². The lowest BCUT2D eigenvalue weighted by atomic mass is 10.3. The molecule has 2 aromatic rings. The summed E-state index contributed by atoms with van der Waals surface area (Å²) in [6, 6.07) is 11.2. The highest BCUT2D eigenvalue weighted by molar-refractivity contribution is 14.1. The maximum Gasteiger partial charge on any atom is 0.271 e. The molecule has 1 aromatic heterocycles. The predicted octanol–water partition coefficient (Wildman–Crippen LogP) is 3.65. The Morgan fingerprint density at radius 3 is 2.67 bits per heavy atom. The average molecular weight is 436 g/mol. The maximum atomic E-state index is 12.3. The average Bonchev–Trinajstić information content (AvgIpc) is 2.85. The van der Waals surface area contributed by atoms with E-state index in [1.807, 2.05) is 18.2 Å². The number of thiophene rings is 1. The van der Waals surface area contributed by atoms with Crippen molar-refractivity contribution in [2.75, 3.05) is 4.72 Å². The first kappa shape index (κ1) is 16.7. The lowest BCUT2D eigenvalue weighted by Crippen LogP contribution is -2.21. The SMILES string of the molecule is CC(C)NCc1ccc(S(=O)(=O)Nc2cccc(I)c2)s1. The minimum absolute atomic E-state index is 0.335. The van der Waals surface area contributed by atoms with Crippen molar-refractivity contribution in [3.05, 3.63) is 44.8 Å². The van der Waals surface area contributed by atoms with Crippen LogP contribution >= 0.6 is 33.9 Å². The molecule has 0 bridgehead atoms. The van der Waals surface area contributed by atoms with Gasteiger partial charge in [0.15, 0.2) is 0 Å². The van der Waals surface area contributed by atoms with E-state index < -0.39 is 10.0 Å². The molecule has 0 unspecified atom stereocenters. The van der Waals surface area contributed by atoms with Gasteiger partial charge in [-0.15, -0.1) is 11.3 Å². The van der Waals surface area contributed by atoms with Gasteiger partial charge >= 0.3 is 0 Å². The van der Waals surface area contributed by atoms with Crippen molar-refractivity contribution in [1.29, 1.82) is 0 Å². The number of nitrogens with one attached hydrogen (secondary N) is 2. The zero-order valence-electron chi connectivity index (χ0n) is 11.8. The van der Waals surface area contributed by atoms with Gasteiger partial charge < -0.3 is 5.32 Å². The Morgan fingerprint density at radius 2 is 2.00 bits per heavy atom. The third-order valence-corrected chi connectivity index (χ3v) is 6.29. The highest BCUT2D eigenvalue weighted by Crippen LogP contribution is 2.24. The van der Waals surface area contributed by atoms with Gasteiger partial charge in [-0.05, 0) is 52.9 Å². The van der Waals surface area contributed by atoms with Crippen molar-refractivity contribution < 1.29 is 8.42 Å². The Labute approximate surface area is 143 Å². The van der Waals surface area contributed by atoms with Crippen LogP contribution < -0.4 is 10.0 Å². The van der Waals surface area contributed by atoms with E-state index >= 15 is 0 Å². The molecule has 0 radical (unpaired) electrons. The third kappa shape index (κ3) is 4.94. The molecule has 2 N–H and O–H groups in total. The Bertz CT molecular complexity index is 711. The molecule has 0 atom stereocenters. The second kappa shape index (κ2) is 7.08. The van der Waals surface area contributed by atoms with Gasteiger partial charge in [-0.25, -0.2) is 8.42 Å². The molecular formula is C14H17IN2O2S2. The first-order valence-electron chi connectivity index (χ1n) is 6.47. The summed E-state index contributed by atoms with van der Waals surface area (Å²) in [4.78, 5) is 1.01. The number of hydrogen-bond donors (Lipinski definition) is 2. The standard InChI is InChI=1S/C14H17IN2O2S2/c1-10(2)16-9-13-6-7-14(20-13)21(18,19)17-12-5-3-4-11(15)8-12/h3-8,10,16-17H,9H2,1-2H3. The highest BCUT2D eigenvalue weighted by atomic mass is 127. The summed E-state index contributed by atoms with van der Waals surface area (Å²) in [7, 11) is -3.51. The fraction of sp³-hybridized carbons (Fsp3) is 0.286. The van der Waals surface area contributed by atoms with Crippen LogP contribution in [0.3, 0.4) is 0 Å². The van der Waals surface area contributed by atoms with E-state index in [0.717, 1.165) is 8.45 Å². The van der Waals surface area contributed by atoms with Crippen molar-refractivity contribution in [3.8, 4) is 0 Å². The largest absolute Gasteiger partial charge is 0.310 e. The third-order valence-electron chi connectivity index (χ3n) is 2.66. The van der Waals surface area contributed by atoms with E-state index in [1.54, 1.807) is 18.2 Å². The topological polar surface area (TPSA) is 58.2 Å². The van der Waals surface area contributed by atoms with Crippen LogP contribution in [0, 0.1) is 3.57 Å². The van der Waals surface area contributed by atoms with Crippen LogP contribution in [0.2, 0.25) is 0 Å². The molecule has 7 heteroatoms. The van der Waals surface area contributed by atoms with Crippen molar-refractivity contribution in [2.24, 2.45) is 0 Å². The number of rotatable bonds is 6. The summed E-state index contributed by atoms with van der Waals surface area (Å²) in [5.41, 5.74) is 0.581. The minimum atomic E-state index is -3.51. The molecule has 21 heavy (non-hydrogen) atoms. The van der Waals surface area contributed by atoms with Gasteiger partial charge in [-0.1, -0.05) is 19.9 Å². The molecule has 1 heterocycles. The molecule has 0 saturated heterocycles. The summed E-state index contributed by atoms with van der Waals surface area (Å²) in [5.74, 6) is 0. The Kier molecular flexibility index (Phi) is 5.64. The van der Waals surface area contributed by atoms with Crippen molar-refractivity contribution in [2.45, 2.75) is 30.6 Å². The fourth-order valence-electron chi connectivity index (χ4n) is 1.66. The summed E-state index contributed by atoms with van der Waals surface area (Å²) in [6.45, 7) is 4.80. The van der Waals surface area contributed by atoms with E-state index in [-0.39, 0.29) is 0 Å². The number of sulfonamides is 1. The smallest absolute Gasteiger partial charge is 0.271 e. The fourth-order valence-corrected chi connectivity index (χ4v) is 4.56. The van der Waals surface area contributed by atoms with E-state index in [1.165, 1.54) is 11.3 Å². The number of benzene rings is 1. The first-order valence-corrected chi connectivity index (χ1v) is 9.85. The predicted molar refractivity (Wildman–Crippen MR) is 96.3 cm³/mol. The molecule has 1 aromatic carbocycles. The first-order chi connectivity index (χ1) is 9.87. The normalized spacial score (nSPS) is 11.8. The van der Waals surface area contributed by atoms with Crippen molar-refractivity contribution in [3.63, 3.8) is 0 Å². The summed E-state index contributed by atoms with van der Waals surface area (Å²) in [5, 5.41) is 3.28. The van der Waals surface area contributed by atoms with Crippen molar-refractivity contribution in [1.82, 2.24) is 5.32 Å². The number of hydrogen-bond acceptors (Lipinski definition) is 4. The Morgan fingerprint density at radius 1 is 1.24 bits per heavy atom. The summed E-state index contributed by atoms with van der Waals surface area (Å²) < 4.78 is 28.6. The molecular weight excluding hydrogens is 419 g/mol. The van der Waals surface area contributed by atoms with E-state index in [9.17, 15) is 8.42 Å². The number of anilines is 1. The van der Waals surface area contributed by atoms with Crippen LogP contribution in [0.1, 0.15) is 18.7 Å². The molecule has 114 valence electrons. The van der Waals surface area contributed by atoms with Crippen LogP contribution in [-0.4, -0.2) is 14.5 Å². The van der Waals surface area contributed by atoms with Crippen LogP contribution in [0.4, 0.5) is 5.69 Å². The molecule has 2 rings (SSSR count). The van der Waals surface area contributed by atoms with Crippen LogP contribution in [0.25, 0.3) is 0 Å². The minimum Gasteiger partial charge on any atom is -0.310 e. The van der Waals surface area contributed by atoms with Gasteiger partial charge in [0.05, 0.1) is 0 Å². The lowest BCUT2D eigenvalue weighted by molar-refractivity contribution is 0.593. The monoisotopic (exact) mass is 436 g/mol. The van der Waals surface area contributed by atoms with Crippen molar-refractivity contribution >= 4 is 49.6 Å². The summed E-state index contributed by atoms with van der Waals surface area (Å²) in [6.07, 6.45) is 0. The molecule has 0 aliphatic carbocycles. The van der Waals surface area contributed by atoms with Crippen LogP contribution in [0.15, 0.2) is 40.6 Å². The maximum absolute atomic E-state index is 12.3. The zero-order valence-corrected chi connectivity index (χ0v) is 15.6. The molecule has 4 nitrogen and oxygen atoms in total. The highest BCUT2D eigenvalue weighted by Gasteiger charge is 2.17. The van der Waals surface area contributed by atoms with Gasteiger partial charge in [0, 0.05) is 26.7 Å².